The minimum absolute atomic E-state index is 0.450. The van der Waals surface area contributed by atoms with Crippen molar-refractivity contribution in [3.8, 4) is 23.0 Å². The Morgan fingerprint density at radius 3 is 0.690 bits per heavy atom. The fourth-order valence-electron chi connectivity index (χ4n) is 3.60. The van der Waals surface area contributed by atoms with Gasteiger partial charge in [-0.15, -0.1) is 0 Å². The molecule has 4 rings (SSSR count). The van der Waals surface area contributed by atoms with Crippen LogP contribution in [0.4, 0.5) is 0 Å². The molecule has 0 bridgehead atoms. The first-order valence-corrected chi connectivity index (χ1v) is 17.3. The van der Waals surface area contributed by atoms with Crippen molar-refractivity contribution in [2.45, 2.75) is 27.7 Å². The lowest BCUT2D eigenvalue weighted by Crippen LogP contribution is -2.55. The second-order valence-corrected chi connectivity index (χ2v) is 12.4. The van der Waals surface area contributed by atoms with Crippen molar-refractivity contribution < 1.29 is 35.4 Å². The first-order chi connectivity index (χ1) is 20.6. The molecule has 42 heavy (non-hydrogen) atoms. The number of rotatable bonds is 16. The van der Waals surface area contributed by atoms with Crippen molar-refractivity contribution in [3.63, 3.8) is 0 Å². The fraction of sp³-hybridized carbons (Fsp3) is 0.250. The Morgan fingerprint density at radius 2 is 0.524 bits per heavy atom. The third kappa shape index (κ3) is 11.0. The molecular formula is C32H40O8Si2. The summed E-state index contributed by atoms with van der Waals surface area (Å²) in [5.41, 5.74) is 0. The van der Waals surface area contributed by atoms with E-state index in [0.717, 1.165) is 0 Å². The summed E-state index contributed by atoms with van der Waals surface area (Å²) in [6.45, 7) is 9.37. The van der Waals surface area contributed by atoms with Crippen LogP contribution in [-0.4, -0.2) is 44.5 Å². The van der Waals surface area contributed by atoms with Gasteiger partial charge in [-0.1, -0.05) is 72.8 Å². The zero-order valence-electron chi connectivity index (χ0n) is 24.6. The van der Waals surface area contributed by atoms with E-state index in [2.05, 4.69) is 0 Å². The molecule has 0 aliphatic heterocycles. The van der Waals surface area contributed by atoms with Gasteiger partial charge in [0.15, 0.2) is 0 Å². The summed E-state index contributed by atoms with van der Waals surface area (Å²) in [4.78, 5) is 0. The molecular weight excluding hydrogens is 569 g/mol. The van der Waals surface area contributed by atoms with Gasteiger partial charge >= 0.3 is 18.1 Å². The molecule has 0 unspecified atom stereocenters. The van der Waals surface area contributed by atoms with Crippen LogP contribution in [0.3, 0.4) is 0 Å². The van der Waals surface area contributed by atoms with E-state index in [1.54, 1.807) is 0 Å². The average molecular weight is 609 g/mol. The van der Waals surface area contributed by atoms with E-state index < -0.39 is 18.1 Å². The summed E-state index contributed by atoms with van der Waals surface area (Å²) in [7, 11) is -6.55. The molecule has 0 spiro atoms. The van der Waals surface area contributed by atoms with Gasteiger partial charge in [0, 0.05) is 26.4 Å². The van der Waals surface area contributed by atoms with E-state index in [0.29, 0.717) is 49.4 Å². The van der Waals surface area contributed by atoms with Crippen LogP contribution in [0.15, 0.2) is 121 Å². The molecule has 0 aliphatic carbocycles. The highest BCUT2D eigenvalue weighted by molar-refractivity contribution is 6.55. The SMILES string of the molecule is CCO[Si](OCC)(Oc1ccccc1)Oc1ccccc1.CCO[Si](OCC)(Oc1ccccc1)Oc1ccccc1. The lowest BCUT2D eigenvalue weighted by molar-refractivity contribution is 0.0482. The Bertz CT molecular complexity index is 1040. The van der Waals surface area contributed by atoms with Crippen LogP contribution in [0.5, 0.6) is 23.0 Å². The second-order valence-electron chi connectivity index (χ2n) is 8.39. The summed E-state index contributed by atoms with van der Waals surface area (Å²) in [5, 5.41) is 0. The third-order valence-electron chi connectivity index (χ3n) is 5.23. The van der Waals surface area contributed by atoms with Crippen molar-refractivity contribution >= 4 is 18.1 Å². The first kappa shape index (κ1) is 32.9. The molecule has 4 aromatic carbocycles. The molecule has 0 saturated carbocycles. The van der Waals surface area contributed by atoms with Crippen molar-refractivity contribution in [2.24, 2.45) is 0 Å². The normalized spacial score (nSPS) is 11.1. The van der Waals surface area contributed by atoms with E-state index in [4.69, 9.17) is 35.4 Å². The van der Waals surface area contributed by atoms with E-state index >= 15 is 0 Å². The molecule has 0 fully saturated rings. The number of benzene rings is 4. The fourth-order valence-corrected chi connectivity index (χ4v) is 7.43. The zero-order chi connectivity index (χ0) is 29.9. The lowest BCUT2D eigenvalue weighted by Gasteiger charge is -2.27. The molecule has 224 valence electrons. The molecule has 0 N–H and O–H groups in total. The Hall–Kier alpha value is -3.65. The summed E-state index contributed by atoms with van der Waals surface area (Å²) in [6, 6.07) is 37.7. The monoisotopic (exact) mass is 608 g/mol. The Kier molecular flexibility index (Phi) is 14.1. The summed E-state index contributed by atoms with van der Waals surface area (Å²) in [6.07, 6.45) is 0. The quantitative estimate of drug-likeness (QED) is 0.123. The number of hydrogen-bond donors (Lipinski definition) is 0. The van der Waals surface area contributed by atoms with Gasteiger partial charge in [-0.05, 0) is 76.2 Å². The molecule has 10 heteroatoms. The molecule has 0 atom stereocenters. The Morgan fingerprint density at radius 1 is 0.333 bits per heavy atom. The van der Waals surface area contributed by atoms with Crippen molar-refractivity contribution in [3.05, 3.63) is 121 Å². The molecule has 0 aromatic heterocycles. The second kappa shape index (κ2) is 18.0. The molecule has 8 nitrogen and oxygen atoms in total. The van der Waals surface area contributed by atoms with Crippen LogP contribution in [0.1, 0.15) is 27.7 Å². The average Bonchev–Trinajstić information content (AvgIpc) is 3.00. The first-order valence-electron chi connectivity index (χ1n) is 14.1. The van der Waals surface area contributed by atoms with Crippen molar-refractivity contribution in [2.75, 3.05) is 26.4 Å². The van der Waals surface area contributed by atoms with Crippen LogP contribution in [0.25, 0.3) is 0 Å². The third-order valence-corrected chi connectivity index (χ3v) is 9.74. The standard InChI is InChI=1S/2C16H20O4Si/c2*1-3-17-21(18-4-2,19-15-11-7-5-8-12-15)20-16-13-9-6-10-14-16/h2*5-14H,3-4H2,1-2H3. The van der Waals surface area contributed by atoms with E-state index in [9.17, 15) is 0 Å². The summed E-state index contributed by atoms with van der Waals surface area (Å²) >= 11 is 0. The Labute approximate surface area is 251 Å². The van der Waals surface area contributed by atoms with E-state index in [-0.39, 0.29) is 0 Å². The molecule has 0 heterocycles. The van der Waals surface area contributed by atoms with Gasteiger partial charge in [-0.3, -0.25) is 0 Å². The van der Waals surface area contributed by atoms with E-state index in [1.807, 2.05) is 149 Å². The van der Waals surface area contributed by atoms with Gasteiger partial charge in [-0.2, -0.15) is 0 Å². The lowest BCUT2D eigenvalue weighted by atomic mass is 10.3. The Balaban J connectivity index is 0.000000230. The maximum atomic E-state index is 5.96. The van der Waals surface area contributed by atoms with Crippen LogP contribution in [-0.2, 0) is 17.7 Å². The van der Waals surface area contributed by atoms with Crippen LogP contribution < -0.4 is 17.7 Å². The summed E-state index contributed by atoms with van der Waals surface area (Å²) in [5.74, 6) is 2.67. The van der Waals surface area contributed by atoms with Gasteiger partial charge in [0.2, 0.25) is 0 Å². The predicted octanol–water partition coefficient (Wildman–Crippen LogP) is 7.31. The molecule has 0 aliphatic rings. The molecule has 0 saturated heterocycles. The minimum Gasteiger partial charge on any atom is -0.471 e. The summed E-state index contributed by atoms with van der Waals surface area (Å²) < 4.78 is 46.8. The number of hydrogen-bond acceptors (Lipinski definition) is 8. The van der Waals surface area contributed by atoms with Crippen LogP contribution >= 0.6 is 0 Å². The predicted molar refractivity (Wildman–Crippen MR) is 166 cm³/mol. The highest BCUT2D eigenvalue weighted by Crippen LogP contribution is 2.23. The largest absolute Gasteiger partial charge is 0.820 e. The maximum Gasteiger partial charge on any atom is 0.820 e. The van der Waals surface area contributed by atoms with Crippen molar-refractivity contribution in [1.82, 2.24) is 0 Å². The van der Waals surface area contributed by atoms with Crippen LogP contribution in [0, 0.1) is 0 Å². The van der Waals surface area contributed by atoms with Gasteiger partial charge in [0.1, 0.15) is 23.0 Å². The smallest absolute Gasteiger partial charge is 0.471 e. The van der Waals surface area contributed by atoms with E-state index in [1.165, 1.54) is 0 Å². The molecule has 0 radical (unpaired) electrons. The maximum absolute atomic E-state index is 5.96. The highest BCUT2D eigenvalue weighted by Gasteiger charge is 2.52. The van der Waals surface area contributed by atoms with Gasteiger partial charge in [0.05, 0.1) is 0 Å². The van der Waals surface area contributed by atoms with Gasteiger partial charge in [0.25, 0.3) is 0 Å². The van der Waals surface area contributed by atoms with Crippen molar-refractivity contribution in [1.29, 1.82) is 0 Å². The van der Waals surface area contributed by atoms with Gasteiger partial charge in [-0.25, -0.2) is 0 Å². The zero-order valence-corrected chi connectivity index (χ0v) is 26.6. The number of para-hydroxylation sites is 4. The van der Waals surface area contributed by atoms with Crippen LogP contribution in [0.2, 0.25) is 0 Å². The topological polar surface area (TPSA) is 73.8 Å². The molecule has 0 amide bonds. The minimum atomic E-state index is -3.28. The highest BCUT2D eigenvalue weighted by atomic mass is 28.4. The molecule has 4 aromatic rings. The van der Waals surface area contributed by atoms with Gasteiger partial charge < -0.3 is 35.4 Å².